The van der Waals surface area contributed by atoms with Crippen LogP contribution in [0.4, 0.5) is 10.5 Å². The monoisotopic (exact) mass is 265 g/mol. The molecule has 2 amide bonds. The number of hydrogen-bond acceptors (Lipinski definition) is 2. The average molecular weight is 266 g/mol. The number of urea groups is 1. The summed E-state index contributed by atoms with van der Waals surface area (Å²) in [4.78, 5) is 11.7. The summed E-state index contributed by atoms with van der Waals surface area (Å²) in [5.74, 6) is 0. The zero-order valence-electron chi connectivity index (χ0n) is 10.3. The molecule has 5 heteroatoms. The highest BCUT2D eigenvalue weighted by Crippen LogP contribution is 2.22. The van der Waals surface area contributed by atoms with Crippen molar-refractivity contribution in [3.8, 4) is 0 Å². The molecule has 1 saturated carbocycles. The smallest absolute Gasteiger partial charge is 0.306 e. The maximum atomic E-state index is 11.7. The van der Waals surface area contributed by atoms with E-state index in [9.17, 15) is 4.79 Å². The molecule has 1 aromatic rings. The molecular weight excluding hydrogens is 250 g/mol. The summed E-state index contributed by atoms with van der Waals surface area (Å²) >= 11 is 5.98. The number of carbonyl (C=O) groups excluding carboxylic acids is 1. The third-order valence-electron chi connectivity index (χ3n) is 3.01. The molecule has 0 radical (unpaired) electrons. The number of anilines is 1. The van der Waals surface area contributed by atoms with Crippen LogP contribution in [0.1, 0.15) is 31.2 Å². The van der Waals surface area contributed by atoms with Crippen molar-refractivity contribution in [1.82, 2.24) is 5.43 Å². The summed E-state index contributed by atoms with van der Waals surface area (Å²) < 4.78 is 0. The summed E-state index contributed by atoms with van der Waals surface area (Å²) in [5, 5.41) is 7.46. The van der Waals surface area contributed by atoms with Gasteiger partial charge in [-0.3, -0.25) is 0 Å². The van der Waals surface area contributed by atoms with Gasteiger partial charge in [0.05, 0.1) is 0 Å². The molecule has 0 bridgehead atoms. The Morgan fingerprint density at radius 2 is 2.06 bits per heavy atom. The van der Waals surface area contributed by atoms with E-state index in [1.165, 1.54) is 0 Å². The topological polar surface area (TPSA) is 53.5 Å². The first-order chi connectivity index (χ1) is 8.66. The lowest BCUT2D eigenvalue weighted by Gasteiger charge is -2.08. The third-order valence-corrected chi connectivity index (χ3v) is 3.42. The van der Waals surface area contributed by atoms with E-state index in [1.54, 1.807) is 12.1 Å². The molecule has 96 valence electrons. The highest BCUT2D eigenvalue weighted by Gasteiger charge is 2.09. The number of amides is 2. The predicted molar refractivity (Wildman–Crippen MR) is 74.2 cm³/mol. The van der Waals surface area contributed by atoms with E-state index in [1.807, 2.05) is 13.0 Å². The van der Waals surface area contributed by atoms with Crippen molar-refractivity contribution in [2.45, 2.75) is 32.6 Å². The minimum atomic E-state index is -0.334. The molecule has 1 aliphatic carbocycles. The number of hydrazone groups is 1. The van der Waals surface area contributed by atoms with Crippen LogP contribution in [0.5, 0.6) is 0 Å². The van der Waals surface area contributed by atoms with E-state index >= 15 is 0 Å². The van der Waals surface area contributed by atoms with Crippen molar-refractivity contribution in [1.29, 1.82) is 0 Å². The summed E-state index contributed by atoms with van der Waals surface area (Å²) in [6.45, 7) is 1.86. The van der Waals surface area contributed by atoms with Crippen LogP contribution in [-0.2, 0) is 0 Å². The van der Waals surface area contributed by atoms with Gasteiger partial charge in [-0.15, -0.1) is 0 Å². The second kappa shape index (κ2) is 5.87. The zero-order chi connectivity index (χ0) is 13.0. The van der Waals surface area contributed by atoms with Gasteiger partial charge in [0.15, 0.2) is 0 Å². The molecular formula is C13H16ClN3O. The van der Waals surface area contributed by atoms with Gasteiger partial charge in [-0.2, -0.15) is 5.10 Å². The summed E-state index contributed by atoms with van der Waals surface area (Å²) in [6.07, 6.45) is 4.29. The molecule has 0 aromatic heterocycles. The number of carbonyl (C=O) groups is 1. The molecule has 0 atom stereocenters. The second-order valence-corrected chi connectivity index (χ2v) is 4.77. The molecule has 0 spiro atoms. The van der Waals surface area contributed by atoms with Crippen molar-refractivity contribution in [2.24, 2.45) is 5.10 Å². The van der Waals surface area contributed by atoms with Crippen LogP contribution >= 0.6 is 11.6 Å². The quantitative estimate of drug-likeness (QED) is 0.787. The van der Waals surface area contributed by atoms with E-state index in [0.29, 0.717) is 10.7 Å². The Balaban J connectivity index is 1.94. The van der Waals surface area contributed by atoms with Gasteiger partial charge in [-0.1, -0.05) is 17.7 Å². The summed E-state index contributed by atoms with van der Waals surface area (Å²) in [7, 11) is 0. The standard InChI is InChI=1S/C13H16ClN3O/c1-9-11(14)7-4-8-12(9)15-13(18)17-16-10-5-2-3-6-10/h4,7-8H,2-3,5-6H2,1H3,(H2,15,17,18). The lowest BCUT2D eigenvalue weighted by atomic mass is 10.2. The maximum Gasteiger partial charge on any atom is 0.339 e. The third kappa shape index (κ3) is 3.23. The van der Waals surface area contributed by atoms with Gasteiger partial charge < -0.3 is 5.32 Å². The first kappa shape index (κ1) is 12.9. The average Bonchev–Trinajstić information content (AvgIpc) is 2.86. The number of halogens is 1. The van der Waals surface area contributed by atoms with Gasteiger partial charge in [-0.25, -0.2) is 10.2 Å². The Morgan fingerprint density at radius 1 is 1.33 bits per heavy atom. The van der Waals surface area contributed by atoms with Crippen molar-refractivity contribution >= 4 is 29.0 Å². The van der Waals surface area contributed by atoms with E-state index in [2.05, 4.69) is 15.8 Å². The van der Waals surface area contributed by atoms with Gasteiger partial charge in [-0.05, 0) is 50.3 Å². The fourth-order valence-corrected chi connectivity index (χ4v) is 2.09. The number of nitrogens with zero attached hydrogens (tertiary/aromatic N) is 1. The number of benzene rings is 1. The van der Waals surface area contributed by atoms with Gasteiger partial charge in [0.1, 0.15) is 0 Å². The molecule has 1 aromatic carbocycles. The molecule has 0 heterocycles. The molecule has 18 heavy (non-hydrogen) atoms. The van der Waals surface area contributed by atoms with Crippen LogP contribution in [0.3, 0.4) is 0 Å². The number of rotatable bonds is 2. The van der Waals surface area contributed by atoms with Gasteiger partial charge in [0.2, 0.25) is 0 Å². The summed E-state index contributed by atoms with van der Waals surface area (Å²) in [5.41, 5.74) is 5.13. The molecule has 2 N–H and O–H groups in total. The minimum Gasteiger partial charge on any atom is -0.306 e. The molecule has 0 saturated heterocycles. The minimum absolute atomic E-state index is 0.334. The Morgan fingerprint density at radius 3 is 2.78 bits per heavy atom. The van der Waals surface area contributed by atoms with E-state index in [4.69, 9.17) is 11.6 Å². The van der Waals surface area contributed by atoms with Crippen LogP contribution in [0.25, 0.3) is 0 Å². The van der Waals surface area contributed by atoms with Gasteiger partial charge in [0.25, 0.3) is 0 Å². The number of nitrogens with one attached hydrogen (secondary N) is 2. The van der Waals surface area contributed by atoms with Crippen LogP contribution in [0.15, 0.2) is 23.3 Å². The first-order valence-corrected chi connectivity index (χ1v) is 6.42. The lowest BCUT2D eigenvalue weighted by Crippen LogP contribution is -2.25. The lowest BCUT2D eigenvalue weighted by molar-refractivity contribution is 0.252. The van der Waals surface area contributed by atoms with E-state index in [-0.39, 0.29) is 6.03 Å². The Labute approximate surface area is 111 Å². The van der Waals surface area contributed by atoms with Gasteiger partial charge >= 0.3 is 6.03 Å². The second-order valence-electron chi connectivity index (χ2n) is 4.36. The Kier molecular flexibility index (Phi) is 4.20. The van der Waals surface area contributed by atoms with Crippen molar-refractivity contribution in [2.75, 3.05) is 5.32 Å². The fraction of sp³-hybridized carbons (Fsp3) is 0.385. The molecule has 0 aliphatic heterocycles. The maximum absolute atomic E-state index is 11.7. The van der Waals surface area contributed by atoms with Crippen LogP contribution in [0.2, 0.25) is 5.02 Å². The first-order valence-electron chi connectivity index (χ1n) is 6.04. The SMILES string of the molecule is Cc1c(Cl)cccc1NC(=O)NN=C1CCCC1. The van der Waals surface area contributed by atoms with Crippen molar-refractivity contribution in [3.05, 3.63) is 28.8 Å². The molecule has 4 nitrogen and oxygen atoms in total. The van der Waals surface area contributed by atoms with Crippen LogP contribution in [0, 0.1) is 6.92 Å². The van der Waals surface area contributed by atoms with Crippen LogP contribution in [-0.4, -0.2) is 11.7 Å². The van der Waals surface area contributed by atoms with Gasteiger partial charge in [0, 0.05) is 16.4 Å². The number of hydrogen-bond donors (Lipinski definition) is 2. The Bertz CT molecular complexity index is 477. The predicted octanol–water partition coefficient (Wildman–Crippen LogP) is 3.70. The largest absolute Gasteiger partial charge is 0.339 e. The molecule has 2 rings (SSSR count). The van der Waals surface area contributed by atoms with Crippen molar-refractivity contribution < 1.29 is 4.79 Å². The summed E-state index contributed by atoms with van der Waals surface area (Å²) in [6, 6.07) is 5.07. The Hall–Kier alpha value is -1.55. The molecule has 0 unspecified atom stereocenters. The van der Waals surface area contributed by atoms with Crippen molar-refractivity contribution in [3.63, 3.8) is 0 Å². The fourth-order valence-electron chi connectivity index (χ4n) is 1.92. The molecule has 1 fully saturated rings. The highest BCUT2D eigenvalue weighted by molar-refractivity contribution is 6.31. The zero-order valence-corrected chi connectivity index (χ0v) is 11.0. The van der Waals surface area contributed by atoms with Crippen LogP contribution < -0.4 is 10.7 Å². The highest BCUT2D eigenvalue weighted by atomic mass is 35.5. The normalized spacial score (nSPS) is 14.4. The van der Waals surface area contributed by atoms with E-state index < -0.39 is 0 Å². The van der Waals surface area contributed by atoms with E-state index in [0.717, 1.165) is 37.0 Å². The molecule has 1 aliphatic rings.